The van der Waals surface area contributed by atoms with Crippen molar-refractivity contribution in [1.29, 1.82) is 0 Å². The zero-order valence-electron chi connectivity index (χ0n) is 11.2. The summed E-state index contributed by atoms with van der Waals surface area (Å²) in [4.78, 5) is 41.2. The van der Waals surface area contributed by atoms with Crippen LogP contribution < -0.4 is 11.2 Å². The number of aromatic amines is 1. The lowest BCUT2D eigenvalue weighted by Crippen LogP contribution is -2.37. The first kappa shape index (κ1) is 14.0. The molecule has 2 aromatic heterocycles. The number of nitrogens with one attached hydrogen (secondary N) is 1. The van der Waals surface area contributed by atoms with Gasteiger partial charge in [-0.25, -0.2) is 9.78 Å². The maximum absolute atomic E-state index is 12.0. The minimum atomic E-state index is -0.524. The first-order chi connectivity index (χ1) is 9.59. The van der Waals surface area contributed by atoms with E-state index in [9.17, 15) is 14.4 Å². The van der Waals surface area contributed by atoms with Gasteiger partial charge >= 0.3 is 5.69 Å². The Balaban J connectivity index is 2.02. The van der Waals surface area contributed by atoms with Crippen LogP contribution in [0.25, 0.3) is 0 Å². The van der Waals surface area contributed by atoms with Gasteiger partial charge in [0.05, 0.1) is 11.9 Å². The summed E-state index contributed by atoms with van der Waals surface area (Å²) in [6, 6.07) is 0. The van der Waals surface area contributed by atoms with Crippen molar-refractivity contribution in [2.45, 2.75) is 32.9 Å². The van der Waals surface area contributed by atoms with Crippen LogP contribution in [-0.2, 0) is 13.1 Å². The minimum Gasteiger partial charge on any atom is -0.337 e. The molecule has 1 N–H and O–H groups in total. The molecule has 7 nitrogen and oxygen atoms in total. The van der Waals surface area contributed by atoms with E-state index in [0.29, 0.717) is 13.0 Å². The number of hydrogen-bond acceptors (Lipinski definition) is 4. The summed E-state index contributed by atoms with van der Waals surface area (Å²) < 4.78 is 3.00. The van der Waals surface area contributed by atoms with Gasteiger partial charge in [-0.3, -0.25) is 14.2 Å². The predicted molar refractivity (Wildman–Crippen MR) is 72.8 cm³/mol. The highest BCUT2D eigenvalue weighted by Crippen LogP contribution is 1.97. The predicted octanol–water partition coefficient (Wildman–Crippen LogP) is 0.416. The van der Waals surface area contributed by atoms with Crippen LogP contribution in [0, 0.1) is 0 Å². The lowest BCUT2D eigenvalue weighted by Gasteiger charge is -2.06. The molecule has 2 aromatic rings. The van der Waals surface area contributed by atoms with Gasteiger partial charge in [-0.1, -0.05) is 0 Å². The van der Waals surface area contributed by atoms with Crippen LogP contribution >= 0.6 is 0 Å². The van der Waals surface area contributed by atoms with E-state index in [-0.39, 0.29) is 11.3 Å². The Kier molecular flexibility index (Phi) is 4.29. The molecular weight excluding hydrogens is 260 g/mol. The summed E-state index contributed by atoms with van der Waals surface area (Å²) in [6.07, 6.45) is 7.93. The van der Waals surface area contributed by atoms with E-state index >= 15 is 0 Å². The molecule has 2 rings (SSSR count). The standard InChI is InChI=1S/C13H16N4O3/c1-10(18)11-8-15-13(20)17(12(11)19)6-3-2-5-16-7-4-14-9-16/h4,7-9H,2-3,5-6H2,1H3,(H,15,20). The van der Waals surface area contributed by atoms with Crippen molar-refractivity contribution in [3.63, 3.8) is 0 Å². The Bertz CT molecular complexity index is 697. The third-order valence-corrected chi connectivity index (χ3v) is 3.05. The summed E-state index contributed by atoms with van der Waals surface area (Å²) in [5.41, 5.74) is -0.995. The van der Waals surface area contributed by atoms with Crippen LogP contribution in [0.2, 0.25) is 0 Å². The zero-order chi connectivity index (χ0) is 14.5. The Hall–Kier alpha value is -2.44. The maximum Gasteiger partial charge on any atom is 0.328 e. The van der Waals surface area contributed by atoms with Gasteiger partial charge in [0.15, 0.2) is 5.78 Å². The molecule has 0 atom stereocenters. The van der Waals surface area contributed by atoms with E-state index in [1.165, 1.54) is 13.1 Å². The van der Waals surface area contributed by atoms with Gasteiger partial charge in [0.1, 0.15) is 0 Å². The van der Waals surface area contributed by atoms with E-state index < -0.39 is 11.2 Å². The van der Waals surface area contributed by atoms with E-state index in [1.807, 2.05) is 10.8 Å². The van der Waals surface area contributed by atoms with Crippen molar-refractivity contribution < 1.29 is 4.79 Å². The van der Waals surface area contributed by atoms with Crippen molar-refractivity contribution in [3.05, 3.63) is 51.3 Å². The van der Waals surface area contributed by atoms with Crippen LogP contribution in [0.4, 0.5) is 0 Å². The fourth-order valence-electron chi connectivity index (χ4n) is 1.95. The number of carbonyl (C=O) groups is 1. The molecule has 7 heteroatoms. The summed E-state index contributed by atoms with van der Waals surface area (Å²) in [7, 11) is 0. The van der Waals surface area contributed by atoms with E-state index in [2.05, 4.69) is 9.97 Å². The smallest absolute Gasteiger partial charge is 0.328 e. The molecule has 106 valence electrons. The largest absolute Gasteiger partial charge is 0.337 e. The highest BCUT2D eigenvalue weighted by molar-refractivity contribution is 5.93. The maximum atomic E-state index is 12.0. The van der Waals surface area contributed by atoms with Gasteiger partial charge < -0.3 is 9.55 Å². The van der Waals surface area contributed by atoms with E-state index in [0.717, 1.165) is 17.5 Å². The Labute approximate surface area is 114 Å². The molecule has 0 bridgehead atoms. The number of Topliss-reactive ketones (excluding diaryl/α,β-unsaturated/α-hetero) is 1. The Morgan fingerprint density at radius 1 is 1.30 bits per heavy atom. The molecule has 0 spiro atoms. The molecule has 0 saturated carbocycles. The zero-order valence-corrected chi connectivity index (χ0v) is 11.2. The van der Waals surface area contributed by atoms with Gasteiger partial charge in [-0.2, -0.15) is 0 Å². The summed E-state index contributed by atoms with van der Waals surface area (Å²) >= 11 is 0. The molecule has 0 amide bonds. The van der Waals surface area contributed by atoms with Crippen LogP contribution in [0.15, 0.2) is 34.5 Å². The molecule has 0 aliphatic rings. The number of aryl methyl sites for hydroxylation is 1. The van der Waals surface area contributed by atoms with Gasteiger partial charge in [0, 0.05) is 31.7 Å². The summed E-state index contributed by atoms with van der Waals surface area (Å²) in [5, 5.41) is 0. The summed E-state index contributed by atoms with van der Waals surface area (Å²) in [6.45, 7) is 2.38. The lowest BCUT2D eigenvalue weighted by atomic mass is 10.2. The van der Waals surface area contributed by atoms with Crippen LogP contribution in [0.1, 0.15) is 30.1 Å². The fraction of sp³-hybridized carbons (Fsp3) is 0.385. The van der Waals surface area contributed by atoms with Crippen molar-refractivity contribution in [2.75, 3.05) is 0 Å². The highest BCUT2D eigenvalue weighted by Gasteiger charge is 2.10. The average molecular weight is 276 g/mol. The van der Waals surface area contributed by atoms with Crippen LogP contribution in [-0.4, -0.2) is 24.9 Å². The number of ketones is 1. The molecule has 0 fully saturated rings. The molecule has 0 aliphatic carbocycles. The number of nitrogens with zero attached hydrogens (tertiary/aromatic N) is 3. The summed E-state index contributed by atoms with van der Waals surface area (Å²) in [5.74, 6) is -0.349. The SMILES string of the molecule is CC(=O)c1c[nH]c(=O)n(CCCCn2ccnc2)c1=O. The monoisotopic (exact) mass is 276 g/mol. The first-order valence-electron chi connectivity index (χ1n) is 6.39. The Morgan fingerprint density at radius 3 is 2.70 bits per heavy atom. The molecule has 0 unspecified atom stereocenters. The van der Waals surface area contributed by atoms with Crippen LogP contribution in [0.3, 0.4) is 0 Å². The number of imidazole rings is 1. The van der Waals surface area contributed by atoms with Gasteiger partial charge in [-0.15, -0.1) is 0 Å². The first-order valence-corrected chi connectivity index (χ1v) is 6.39. The lowest BCUT2D eigenvalue weighted by molar-refractivity contribution is 0.101. The quantitative estimate of drug-likeness (QED) is 0.611. The van der Waals surface area contributed by atoms with Crippen molar-refractivity contribution >= 4 is 5.78 Å². The van der Waals surface area contributed by atoms with Crippen molar-refractivity contribution in [3.8, 4) is 0 Å². The molecule has 20 heavy (non-hydrogen) atoms. The Morgan fingerprint density at radius 2 is 2.05 bits per heavy atom. The molecular formula is C13H16N4O3. The number of unbranched alkanes of at least 4 members (excludes halogenated alkanes) is 1. The minimum absolute atomic E-state index is 0.0132. The number of aromatic nitrogens is 4. The van der Waals surface area contributed by atoms with Gasteiger partial charge in [0.25, 0.3) is 5.56 Å². The fourth-order valence-corrected chi connectivity index (χ4v) is 1.95. The molecule has 0 saturated heterocycles. The second-order valence-electron chi connectivity index (χ2n) is 4.53. The van der Waals surface area contributed by atoms with Gasteiger partial charge in [-0.05, 0) is 19.8 Å². The normalized spacial score (nSPS) is 10.7. The third-order valence-electron chi connectivity index (χ3n) is 3.05. The molecule has 2 heterocycles. The van der Waals surface area contributed by atoms with Crippen LogP contribution in [0.5, 0.6) is 0 Å². The van der Waals surface area contributed by atoms with E-state index in [1.54, 1.807) is 12.5 Å². The number of rotatable bonds is 6. The van der Waals surface area contributed by atoms with Gasteiger partial charge in [0.2, 0.25) is 0 Å². The van der Waals surface area contributed by atoms with Crippen molar-refractivity contribution in [2.24, 2.45) is 0 Å². The topological polar surface area (TPSA) is 89.8 Å². The average Bonchev–Trinajstić information content (AvgIpc) is 2.90. The number of hydrogen-bond donors (Lipinski definition) is 1. The van der Waals surface area contributed by atoms with E-state index in [4.69, 9.17) is 0 Å². The third kappa shape index (κ3) is 3.11. The number of H-pyrrole nitrogens is 1. The molecule has 0 aliphatic heterocycles. The molecule has 0 radical (unpaired) electrons. The molecule has 0 aromatic carbocycles. The second-order valence-corrected chi connectivity index (χ2v) is 4.53. The van der Waals surface area contributed by atoms with Crippen molar-refractivity contribution in [1.82, 2.24) is 19.1 Å². The number of carbonyl (C=O) groups excluding carboxylic acids is 1. The highest BCUT2D eigenvalue weighted by atomic mass is 16.2. The second kappa shape index (κ2) is 6.14.